The highest BCUT2D eigenvalue weighted by molar-refractivity contribution is 14.1. The van der Waals surface area contributed by atoms with E-state index in [2.05, 4.69) is 52.0 Å². The van der Waals surface area contributed by atoms with Crippen LogP contribution in [-0.4, -0.2) is 61.6 Å². The molecule has 4 aromatic heterocycles. The lowest BCUT2D eigenvalue weighted by Gasteiger charge is -2.14. The predicted molar refractivity (Wildman–Crippen MR) is 213 cm³/mol. The Kier molecular flexibility index (Phi) is 26.9. The molecule has 0 aliphatic carbocycles. The third-order valence-corrected chi connectivity index (χ3v) is 7.62. The van der Waals surface area contributed by atoms with Gasteiger partial charge in [-0.15, -0.1) is 0 Å². The molecular formula is C34H34BrCl4F8IN4O5. The second kappa shape index (κ2) is 27.1. The molecule has 0 radical (unpaired) electrons. The van der Waals surface area contributed by atoms with Crippen LogP contribution in [0.4, 0.5) is 35.1 Å². The first-order chi connectivity index (χ1) is 25.9. The number of ether oxygens (including phenoxy) is 2. The SMILES string of the molecule is C.CCC(F)(F)c1ccc(Cl)nc1.CCOC(=O)C(F)(F)Br.CCOC(=O)C(F)(F)c1ccc(Cl)nc1.Clc1ccc(I)cn1.OCC(F)(F)c1ccc(Cl)nc1. The van der Waals surface area contributed by atoms with Crippen molar-refractivity contribution in [3.8, 4) is 0 Å². The fraction of sp³-hybridized carbons (Fsp3) is 0.353. The summed E-state index contributed by atoms with van der Waals surface area (Å²) in [7, 11) is 0. The van der Waals surface area contributed by atoms with Crippen LogP contribution in [0.25, 0.3) is 0 Å². The standard InChI is InChI=1S/C9H8ClF2NO2.C8H8ClF2N.C7H6ClF2NO.C5H3ClIN.C4H5BrF2O2.CH4/c1-2-15-8(14)9(11,12)6-3-4-7(10)13-5-6;1-2-8(10,11)6-3-4-7(9)12-5-6;8-6-2-1-5(3-11-6)7(9,10)4-12;6-5-2-1-4(7)3-8-5;1-2-9-3(8)4(5,6)7;/h3-5H,2H2,1H3;3-5H,2H2,1H3;1-3,12H,4H2;1-3H;2H2,1H3;1H4. The Morgan fingerprint density at radius 3 is 1.25 bits per heavy atom. The predicted octanol–water partition coefficient (Wildman–Crippen LogP) is 12.0. The zero-order valence-electron chi connectivity index (χ0n) is 28.9. The minimum absolute atomic E-state index is 0. The molecular weight excluding hydrogens is 1050 g/mol. The highest BCUT2D eigenvalue weighted by Gasteiger charge is 2.43. The van der Waals surface area contributed by atoms with Crippen molar-refractivity contribution in [2.24, 2.45) is 0 Å². The van der Waals surface area contributed by atoms with Crippen LogP contribution in [-0.2, 0) is 36.8 Å². The molecule has 0 saturated carbocycles. The first kappa shape index (κ1) is 56.4. The molecule has 0 aliphatic rings. The number of rotatable bonds is 9. The molecule has 0 fully saturated rings. The van der Waals surface area contributed by atoms with Crippen molar-refractivity contribution in [2.45, 2.75) is 57.2 Å². The number of alkyl halides is 9. The zero-order valence-corrected chi connectivity index (χ0v) is 35.7. The molecule has 4 heterocycles. The van der Waals surface area contributed by atoms with Crippen molar-refractivity contribution in [1.82, 2.24) is 19.9 Å². The number of nitrogens with zero attached hydrogens (tertiary/aromatic N) is 4. The number of hydrogen-bond acceptors (Lipinski definition) is 9. The summed E-state index contributed by atoms with van der Waals surface area (Å²) >= 11 is 25.8. The van der Waals surface area contributed by atoms with Crippen molar-refractivity contribution >= 4 is 96.9 Å². The van der Waals surface area contributed by atoms with Crippen LogP contribution < -0.4 is 0 Å². The maximum absolute atomic E-state index is 13.3. The van der Waals surface area contributed by atoms with Gasteiger partial charge in [0.2, 0.25) is 0 Å². The Balaban J connectivity index is 0. The third kappa shape index (κ3) is 22.3. The number of pyridine rings is 4. The Morgan fingerprint density at radius 2 is 0.982 bits per heavy atom. The maximum atomic E-state index is 13.3. The Labute approximate surface area is 365 Å². The summed E-state index contributed by atoms with van der Waals surface area (Å²) in [6.45, 7) is 2.96. The quantitative estimate of drug-likeness (QED) is 0.0573. The lowest BCUT2D eigenvalue weighted by molar-refractivity contribution is -0.173. The summed E-state index contributed by atoms with van der Waals surface area (Å²) in [5, 5.41) is 9.31. The van der Waals surface area contributed by atoms with Gasteiger partial charge in [-0.2, -0.15) is 26.3 Å². The van der Waals surface area contributed by atoms with Gasteiger partial charge in [0.05, 0.1) is 18.8 Å². The molecule has 9 nitrogen and oxygen atoms in total. The molecule has 4 rings (SSSR count). The van der Waals surface area contributed by atoms with E-state index in [-0.39, 0.29) is 53.6 Å². The number of halogens is 14. The molecule has 0 saturated heterocycles. The van der Waals surface area contributed by atoms with Gasteiger partial charge >= 0.3 is 22.7 Å². The molecule has 1 N–H and O–H groups in total. The van der Waals surface area contributed by atoms with Crippen LogP contribution in [0.1, 0.15) is 51.3 Å². The van der Waals surface area contributed by atoms with E-state index in [1.165, 1.54) is 45.0 Å². The first-order valence-electron chi connectivity index (χ1n) is 15.2. The van der Waals surface area contributed by atoms with E-state index in [1.807, 2.05) is 22.0 Å². The Morgan fingerprint density at radius 1 is 0.632 bits per heavy atom. The van der Waals surface area contributed by atoms with Gasteiger partial charge in [-0.25, -0.2) is 38.3 Å². The molecule has 4 aromatic rings. The Hall–Kier alpha value is -2.69. The van der Waals surface area contributed by atoms with E-state index in [9.17, 15) is 44.7 Å². The van der Waals surface area contributed by atoms with Crippen LogP contribution in [0.5, 0.6) is 0 Å². The van der Waals surface area contributed by atoms with E-state index in [0.29, 0.717) is 5.15 Å². The molecule has 0 amide bonds. The number of aromatic nitrogens is 4. The second-order valence-electron chi connectivity index (χ2n) is 9.84. The van der Waals surface area contributed by atoms with Gasteiger partial charge in [-0.05, 0) is 85.0 Å². The van der Waals surface area contributed by atoms with Gasteiger partial charge < -0.3 is 14.6 Å². The van der Waals surface area contributed by atoms with Gasteiger partial charge in [0, 0.05) is 61.8 Å². The minimum atomic E-state index is -3.69. The van der Waals surface area contributed by atoms with E-state index < -0.39 is 46.7 Å². The van der Waals surface area contributed by atoms with Crippen molar-refractivity contribution in [3.05, 3.63) is 114 Å². The average molecular weight is 1080 g/mol. The van der Waals surface area contributed by atoms with Crippen molar-refractivity contribution in [1.29, 1.82) is 0 Å². The number of esters is 2. The van der Waals surface area contributed by atoms with E-state index in [1.54, 1.807) is 12.3 Å². The van der Waals surface area contributed by atoms with E-state index in [4.69, 9.17) is 51.5 Å². The summed E-state index contributed by atoms with van der Waals surface area (Å²) in [6, 6.07) is 10.9. The summed E-state index contributed by atoms with van der Waals surface area (Å²) < 4.78 is 111. The van der Waals surface area contributed by atoms with Crippen molar-refractivity contribution < 1.29 is 59.3 Å². The number of aliphatic hydroxyl groups is 1. The molecule has 0 bridgehead atoms. The fourth-order valence-corrected chi connectivity index (χ4v) is 3.83. The van der Waals surface area contributed by atoms with Gasteiger partial charge in [0.15, 0.2) is 0 Å². The van der Waals surface area contributed by atoms with Gasteiger partial charge in [-0.1, -0.05) is 60.8 Å². The summed E-state index contributed by atoms with van der Waals surface area (Å²) in [5.74, 6) is -12.9. The van der Waals surface area contributed by atoms with Crippen LogP contribution in [0.2, 0.25) is 20.6 Å². The summed E-state index contributed by atoms with van der Waals surface area (Å²) in [4.78, 5) is 31.8. The summed E-state index contributed by atoms with van der Waals surface area (Å²) in [6.07, 6.45) is 4.39. The first-order valence-corrected chi connectivity index (χ1v) is 18.5. The maximum Gasteiger partial charge on any atom is 0.395 e. The molecule has 0 atom stereocenters. The van der Waals surface area contributed by atoms with Crippen LogP contribution in [0.15, 0.2) is 73.3 Å². The molecule has 318 valence electrons. The normalized spacial score (nSPS) is 10.9. The molecule has 0 spiro atoms. The number of aliphatic hydroxyl groups excluding tert-OH is 1. The van der Waals surface area contributed by atoms with Crippen LogP contribution in [0, 0.1) is 3.57 Å². The average Bonchev–Trinajstić information content (AvgIpc) is 3.14. The highest BCUT2D eigenvalue weighted by atomic mass is 127. The molecule has 0 aromatic carbocycles. The van der Waals surface area contributed by atoms with Crippen LogP contribution >= 0.6 is 84.9 Å². The monoisotopic (exact) mass is 1080 g/mol. The van der Waals surface area contributed by atoms with E-state index in [0.717, 1.165) is 34.3 Å². The molecule has 57 heavy (non-hydrogen) atoms. The third-order valence-electron chi connectivity index (χ3n) is 5.76. The summed E-state index contributed by atoms with van der Waals surface area (Å²) in [5.41, 5.74) is -0.964. The molecule has 23 heteroatoms. The van der Waals surface area contributed by atoms with Crippen molar-refractivity contribution in [2.75, 3.05) is 19.8 Å². The number of carbonyl (C=O) groups excluding carboxylic acids is 2. The largest absolute Gasteiger partial charge is 0.461 e. The van der Waals surface area contributed by atoms with Gasteiger partial charge in [-0.3, -0.25) is 0 Å². The Bertz CT molecular complexity index is 1680. The van der Waals surface area contributed by atoms with Crippen LogP contribution in [0.3, 0.4) is 0 Å². The molecule has 0 unspecified atom stereocenters. The smallest absolute Gasteiger partial charge is 0.395 e. The second-order valence-corrected chi connectivity index (χ2v) is 13.6. The lowest BCUT2D eigenvalue weighted by Crippen LogP contribution is -2.28. The fourth-order valence-electron chi connectivity index (χ4n) is 2.95. The zero-order chi connectivity index (χ0) is 43.3. The number of hydrogen-bond donors (Lipinski definition) is 1. The number of carbonyl (C=O) groups is 2. The topological polar surface area (TPSA) is 124 Å². The van der Waals surface area contributed by atoms with Gasteiger partial charge in [0.25, 0.3) is 11.8 Å². The van der Waals surface area contributed by atoms with Crippen molar-refractivity contribution in [3.63, 3.8) is 0 Å². The highest BCUT2D eigenvalue weighted by Crippen LogP contribution is 2.31. The molecule has 0 aliphatic heterocycles. The van der Waals surface area contributed by atoms with E-state index >= 15 is 0 Å². The minimum Gasteiger partial charge on any atom is -0.461 e. The lowest BCUT2D eigenvalue weighted by atomic mass is 10.1. The van der Waals surface area contributed by atoms with Gasteiger partial charge in [0.1, 0.15) is 27.2 Å².